The Morgan fingerprint density at radius 1 is 1.24 bits per heavy atom. The highest BCUT2D eigenvalue weighted by atomic mass is 79.9. The summed E-state index contributed by atoms with van der Waals surface area (Å²) in [5.41, 5.74) is 0. The third kappa shape index (κ3) is 4.82. The molecule has 0 fully saturated rings. The summed E-state index contributed by atoms with van der Waals surface area (Å²) in [4.78, 5) is 19.4. The predicted molar refractivity (Wildman–Crippen MR) is 89.0 cm³/mol. The Hall–Kier alpha value is -1.41. The van der Waals surface area contributed by atoms with E-state index in [2.05, 4.69) is 48.1 Å². The lowest BCUT2D eigenvalue weighted by Crippen LogP contribution is -2.16. The molecule has 0 radical (unpaired) electrons. The molecule has 2 heterocycles. The van der Waals surface area contributed by atoms with Crippen LogP contribution in [0.25, 0.3) is 0 Å². The van der Waals surface area contributed by atoms with Crippen molar-refractivity contribution in [3.63, 3.8) is 0 Å². The van der Waals surface area contributed by atoms with Crippen LogP contribution in [-0.2, 0) is 0 Å². The van der Waals surface area contributed by atoms with Gasteiger partial charge in [0.2, 0.25) is 17.1 Å². The van der Waals surface area contributed by atoms with Crippen LogP contribution in [0.3, 0.4) is 0 Å². The molecule has 0 bridgehead atoms. The van der Waals surface area contributed by atoms with Crippen molar-refractivity contribution >= 4 is 39.6 Å². The highest BCUT2D eigenvalue weighted by Crippen LogP contribution is 2.25. The Labute approximate surface area is 136 Å². The summed E-state index contributed by atoms with van der Waals surface area (Å²) in [6.07, 6.45) is 2.77. The monoisotopic (exact) mass is 368 g/mol. The zero-order valence-corrected chi connectivity index (χ0v) is 14.6. The van der Waals surface area contributed by atoms with Gasteiger partial charge in [0.05, 0.1) is 0 Å². The van der Waals surface area contributed by atoms with Crippen LogP contribution in [0.5, 0.6) is 0 Å². The summed E-state index contributed by atoms with van der Waals surface area (Å²) in [5, 5.41) is 4.66. The van der Waals surface area contributed by atoms with Gasteiger partial charge in [0.25, 0.3) is 0 Å². The maximum atomic E-state index is 4.43. The highest BCUT2D eigenvalue weighted by Gasteiger charge is 2.10. The minimum atomic E-state index is 0.593. The SMILES string of the molecule is CCCNc1nc(Sc2ccc(Br)cn2)nc(N(C)C)n1. The molecule has 0 aliphatic heterocycles. The van der Waals surface area contributed by atoms with Crippen LogP contribution in [0.1, 0.15) is 13.3 Å². The second-order valence-electron chi connectivity index (χ2n) is 4.48. The van der Waals surface area contributed by atoms with Gasteiger partial charge in [-0.15, -0.1) is 0 Å². The van der Waals surface area contributed by atoms with Crippen molar-refractivity contribution in [3.8, 4) is 0 Å². The molecule has 0 spiro atoms. The van der Waals surface area contributed by atoms with E-state index < -0.39 is 0 Å². The van der Waals surface area contributed by atoms with Crippen LogP contribution in [0, 0.1) is 0 Å². The molecule has 6 nitrogen and oxygen atoms in total. The maximum absolute atomic E-state index is 4.43. The van der Waals surface area contributed by atoms with E-state index in [-0.39, 0.29) is 0 Å². The number of hydrogen-bond acceptors (Lipinski definition) is 7. The van der Waals surface area contributed by atoms with Crippen molar-refractivity contribution in [2.75, 3.05) is 30.9 Å². The maximum Gasteiger partial charge on any atom is 0.230 e. The summed E-state index contributed by atoms with van der Waals surface area (Å²) >= 11 is 4.79. The lowest BCUT2D eigenvalue weighted by Gasteiger charge is -2.12. The molecule has 0 saturated carbocycles. The van der Waals surface area contributed by atoms with Gasteiger partial charge in [0.15, 0.2) is 0 Å². The third-order valence-corrected chi connectivity index (χ3v) is 3.72. The summed E-state index contributed by atoms with van der Waals surface area (Å²) in [6, 6.07) is 3.87. The molecule has 0 aromatic carbocycles. The Morgan fingerprint density at radius 3 is 2.67 bits per heavy atom. The fourth-order valence-electron chi connectivity index (χ4n) is 1.42. The molecule has 2 rings (SSSR count). The number of aromatic nitrogens is 4. The van der Waals surface area contributed by atoms with E-state index in [1.807, 2.05) is 31.1 Å². The second kappa shape index (κ2) is 7.56. The van der Waals surface area contributed by atoms with Gasteiger partial charge in [-0.1, -0.05) is 6.92 Å². The molecule has 0 unspecified atom stereocenters. The van der Waals surface area contributed by atoms with Crippen molar-refractivity contribution in [2.45, 2.75) is 23.5 Å². The smallest absolute Gasteiger partial charge is 0.230 e. The van der Waals surface area contributed by atoms with Gasteiger partial charge in [-0.2, -0.15) is 15.0 Å². The van der Waals surface area contributed by atoms with Crippen LogP contribution in [0.4, 0.5) is 11.9 Å². The minimum Gasteiger partial charge on any atom is -0.354 e. The standard InChI is InChI=1S/C13H17BrN6S/c1-4-7-15-11-17-12(20(2)3)19-13(18-11)21-10-6-5-9(14)8-16-10/h5-6,8H,4,7H2,1-3H3,(H,15,17,18,19). The average Bonchev–Trinajstić information content (AvgIpc) is 2.47. The summed E-state index contributed by atoms with van der Waals surface area (Å²) in [7, 11) is 3.82. The number of hydrogen-bond donors (Lipinski definition) is 1. The Balaban J connectivity index is 2.24. The zero-order valence-electron chi connectivity index (χ0n) is 12.2. The molecule has 0 atom stereocenters. The molecular weight excluding hydrogens is 352 g/mol. The first-order chi connectivity index (χ1) is 10.1. The topological polar surface area (TPSA) is 66.8 Å². The van der Waals surface area contributed by atoms with Crippen molar-refractivity contribution in [1.29, 1.82) is 0 Å². The molecular formula is C13H17BrN6S. The van der Waals surface area contributed by atoms with Gasteiger partial charge in [0.1, 0.15) is 5.03 Å². The van der Waals surface area contributed by atoms with Crippen molar-refractivity contribution < 1.29 is 0 Å². The molecule has 2 aromatic heterocycles. The first kappa shape index (κ1) is 16.0. The average molecular weight is 369 g/mol. The molecule has 1 N–H and O–H groups in total. The zero-order chi connectivity index (χ0) is 15.2. The molecule has 0 saturated heterocycles. The van der Waals surface area contributed by atoms with Crippen molar-refractivity contribution in [1.82, 2.24) is 19.9 Å². The Kier molecular flexibility index (Phi) is 5.75. The lowest BCUT2D eigenvalue weighted by molar-refractivity contribution is 0.850. The Morgan fingerprint density at radius 2 is 2.05 bits per heavy atom. The first-order valence-electron chi connectivity index (χ1n) is 6.55. The van der Waals surface area contributed by atoms with E-state index in [0.717, 1.165) is 22.5 Å². The van der Waals surface area contributed by atoms with E-state index in [1.54, 1.807) is 6.20 Å². The lowest BCUT2D eigenvalue weighted by atomic mass is 10.5. The number of nitrogens with one attached hydrogen (secondary N) is 1. The summed E-state index contributed by atoms with van der Waals surface area (Å²) in [6.45, 7) is 2.93. The predicted octanol–water partition coefficient (Wildman–Crippen LogP) is 3.07. The summed E-state index contributed by atoms with van der Waals surface area (Å²) < 4.78 is 0.946. The second-order valence-corrected chi connectivity index (χ2v) is 6.38. The molecule has 21 heavy (non-hydrogen) atoms. The molecule has 0 aliphatic rings. The van der Waals surface area contributed by atoms with E-state index in [1.165, 1.54) is 11.8 Å². The van der Waals surface area contributed by atoms with Crippen LogP contribution in [-0.4, -0.2) is 40.6 Å². The number of rotatable bonds is 6. The van der Waals surface area contributed by atoms with Gasteiger partial charge in [-0.25, -0.2) is 4.98 Å². The van der Waals surface area contributed by atoms with Gasteiger partial charge in [-0.3, -0.25) is 0 Å². The van der Waals surface area contributed by atoms with E-state index in [9.17, 15) is 0 Å². The molecule has 112 valence electrons. The summed E-state index contributed by atoms with van der Waals surface area (Å²) in [5.74, 6) is 1.22. The van der Waals surface area contributed by atoms with Gasteiger partial charge in [-0.05, 0) is 46.2 Å². The highest BCUT2D eigenvalue weighted by molar-refractivity contribution is 9.10. The van der Waals surface area contributed by atoms with E-state index in [0.29, 0.717) is 17.1 Å². The van der Waals surface area contributed by atoms with E-state index in [4.69, 9.17) is 0 Å². The molecule has 8 heteroatoms. The first-order valence-corrected chi connectivity index (χ1v) is 8.16. The van der Waals surface area contributed by atoms with Gasteiger partial charge < -0.3 is 10.2 Å². The third-order valence-electron chi connectivity index (χ3n) is 2.43. The van der Waals surface area contributed by atoms with Crippen LogP contribution >= 0.6 is 27.7 Å². The minimum absolute atomic E-state index is 0.593. The van der Waals surface area contributed by atoms with Gasteiger partial charge >= 0.3 is 0 Å². The number of pyridine rings is 1. The normalized spacial score (nSPS) is 10.5. The fourth-order valence-corrected chi connectivity index (χ4v) is 2.35. The quantitative estimate of drug-likeness (QED) is 0.839. The fraction of sp³-hybridized carbons (Fsp3) is 0.385. The number of halogens is 1. The molecule has 0 amide bonds. The van der Waals surface area contributed by atoms with Crippen LogP contribution in [0.15, 0.2) is 33.0 Å². The number of anilines is 2. The van der Waals surface area contributed by atoms with Gasteiger partial charge in [0, 0.05) is 31.3 Å². The van der Waals surface area contributed by atoms with Crippen LogP contribution in [0.2, 0.25) is 0 Å². The largest absolute Gasteiger partial charge is 0.354 e. The number of nitrogens with zero attached hydrogens (tertiary/aromatic N) is 5. The van der Waals surface area contributed by atoms with Crippen molar-refractivity contribution in [3.05, 3.63) is 22.8 Å². The Bertz CT molecular complexity index is 590. The van der Waals surface area contributed by atoms with Crippen molar-refractivity contribution in [2.24, 2.45) is 0 Å². The van der Waals surface area contributed by atoms with E-state index >= 15 is 0 Å². The molecule has 0 aliphatic carbocycles. The molecule has 2 aromatic rings. The van der Waals surface area contributed by atoms with Crippen LogP contribution < -0.4 is 10.2 Å².